The van der Waals surface area contributed by atoms with E-state index in [-0.39, 0.29) is 0 Å². The van der Waals surface area contributed by atoms with E-state index in [0.29, 0.717) is 22.5 Å². The zero-order valence-electron chi connectivity index (χ0n) is 12.9. The molecule has 5 N–H and O–H groups in total. The number of piperidine rings is 1. The highest BCUT2D eigenvalue weighted by molar-refractivity contribution is 6.42. The molecule has 0 spiro atoms. The van der Waals surface area contributed by atoms with Crippen molar-refractivity contribution in [1.29, 1.82) is 0 Å². The van der Waals surface area contributed by atoms with Crippen molar-refractivity contribution < 1.29 is 4.79 Å². The molecule has 0 atom stereocenters. The Morgan fingerprint density at radius 2 is 2.04 bits per heavy atom. The Kier molecular flexibility index (Phi) is 7.39. The maximum absolute atomic E-state index is 10.9. The molecular formula is C15H23Cl2N5O. The molecular weight excluding hydrogens is 337 g/mol. The van der Waals surface area contributed by atoms with Crippen LogP contribution in [0.3, 0.4) is 0 Å². The van der Waals surface area contributed by atoms with Crippen molar-refractivity contribution in [2.24, 2.45) is 5.84 Å². The van der Waals surface area contributed by atoms with E-state index in [1.54, 1.807) is 0 Å². The molecule has 0 bridgehead atoms. The summed E-state index contributed by atoms with van der Waals surface area (Å²) in [6, 6.07) is 5.43. The maximum Gasteiger partial charge on any atom is 0.343 e. The molecule has 1 aromatic rings. The summed E-state index contributed by atoms with van der Waals surface area (Å²) in [7, 11) is 0. The van der Waals surface area contributed by atoms with Crippen molar-refractivity contribution in [3.63, 3.8) is 0 Å². The zero-order valence-corrected chi connectivity index (χ0v) is 14.5. The molecule has 0 aromatic heterocycles. The third-order valence-corrected chi connectivity index (χ3v) is 4.95. The van der Waals surface area contributed by atoms with Crippen LogP contribution < -0.4 is 22.1 Å². The molecule has 23 heavy (non-hydrogen) atoms. The largest absolute Gasteiger partial charge is 0.343 e. The van der Waals surface area contributed by atoms with Crippen molar-refractivity contribution in [2.75, 3.05) is 26.2 Å². The van der Waals surface area contributed by atoms with Gasteiger partial charge in [0, 0.05) is 6.54 Å². The SMILES string of the molecule is NNC(=O)NNCCCN1CCC(c2cccc(Cl)c2Cl)CC1. The van der Waals surface area contributed by atoms with Crippen LogP contribution in [0.25, 0.3) is 0 Å². The first-order valence-electron chi connectivity index (χ1n) is 7.77. The first-order valence-corrected chi connectivity index (χ1v) is 8.53. The van der Waals surface area contributed by atoms with E-state index < -0.39 is 6.03 Å². The number of halogens is 2. The Balaban J connectivity index is 1.68. The fourth-order valence-electron chi connectivity index (χ4n) is 2.87. The summed E-state index contributed by atoms with van der Waals surface area (Å²) in [5.74, 6) is 5.43. The molecule has 0 saturated carbocycles. The van der Waals surface area contributed by atoms with Crippen LogP contribution in [0.1, 0.15) is 30.7 Å². The Morgan fingerprint density at radius 3 is 2.74 bits per heavy atom. The molecule has 1 aliphatic rings. The Labute approximate surface area is 146 Å². The van der Waals surface area contributed by atoms with Crippen molar-refractivity contribution in [2.45, 2.75) is 25.2 Å². The molecule has 2 amide bonds. The zero-order chi connectivity index (χ0) is 16.7. The van der Waals surface area contributed by atoms with E-state index in [1.807, 2.05) is 17.6 Å². The van der Waals surface area contributed by atoms with E-state index >= 15 is 0 Å². The normalized spacial score (nSPS) is 16.3. The lowest BCUT2D eigenvalue weighted by Crippen LogP contribution is -2.47. The number of amides is 2. The number of hydrazine groups is 2. The van der Waals surface area contributed by atoms with Crippen LogP contribution in [0.15, 0.2) is 18.2 Å². The smallest absolute Gasteiger partial charge is 0.303 e. The number of carbonyl (C=O) groups is 1. The summed E-state index contributed by atoms with van der Waals surface area (Å²) in [5, 5.41) is 1.33. The molecule has 1 saturated heterocycles. The number of nitrogens with two attached hydrogens (primary N) is 1. The van der Waals surface area contributed by atoms with Crippen molar-refractivity contribution in [1.82, 2.24) is 21.2 Å². The van der Waals surface area contributed by atoms with Gasteiger partial charge in [0.15, 0.2) is 0 Å². The van der Waals surface area contributed by atoms with E-state index in [2.05, 4.69) is 21.8 Å². The van der Waals surface area contributed by atoms with Crippen LogP contribution in [0, 0.1) is 0 Å². The number of urea groups is 1. The fourth-order valence-corrected chi connectivity index (χ4v) is 3.34. The van der Waals surface area contributed by atoms with Gasteiger partial charge in [-0.15, -0.1) is 0 Å². The minimum Gasteiger partial charge on any atom is -0.303 e. The van der Waals surface area contributed by atoms with Crippen LogP contribution in [-0.2, 0) is 0 Å². The highest BCUT2D eigenvalue weighted by Crippen LogP contribution is 2.36. The topological polar surface area (TPSA) is 82.4 Å². The van der Waals surface area contributed by atoms with Gasteiger partial charge < -0.3 is 4.90 Å². The Morgan fingerprint density at radius 1 is 1.30 bits per heavy atom. The van der Waals surface area contributed by atoms with E-state index in [1.165, 1.54) is 0 Å². The van der Waals surface area contributed by atoms with Crippen LogP contribution in [0.5, 0.6) is 0 Å². The number of hydrogen-bond donors (Lipinski definition) is 4. The van der Waals surface area contributed by atoms with E-state index in [4.69, 9.17) is 29.0 Å². The lowest BCUT2D eigenvalue weighted by molar-refractivity contribution is 0.208. The van der Waals surface area contributed by atoms with Crippen LogP contribution in [0.2, 0.25) is 10.0 Å². The van der Waals surface area contributed by atoms with Crippen LogP contribution in [-0.4, -0.2) is 37.1 Å². The van der Waals surface area contributed by atoms with Gasteiger partial charge in [0.05, 0.1) is 10.0 Å². The summed E-state index contributed by atoms with van der Waals surface area (Å²) in [6.45, 7) is 3.79. The molecule has 2 rings (SSSR count). The third kappa shape index (κ3) is 5.51. The number of nitrogens with zero attached hydrogens (tertiary/aromatic N) is 1. The first kappa shape index (κ1) is 18.3. The molecule has 1 aromatic carbocycles. The predicted molar refractivity (Wildman–Crippen MR) is 93.4 cm³/mol. The van der Waals surface area contributed by atoms with Gasteiger partial charge in [0.2, 0.25) is 0 Å². The van der Waals surface area contributed by atoms with Gasteiger partial charge in [-0.2, -0.15) is 0 Å². The highest BCUT2D eigenvalue weighted by Gasteiger charge is 2.22. The number of rotatable bonds is 6. The average molecular weight is 360 g/mol. The van der Waals surface area contributed by atoms with Gasteiger partial charge in [-0.3, -0.25) is 10.9 Å². The summed E-state index contributed by atoms with van der Waals surface area (Å²) in [6.07, 6.45) is 3.12. The Hall–Kier alpha value is -1.05. The summed E-state index contributed by atoms with van der Waals surface area (Å²) in [4.78, 5) is 13.3. The average Bonchev–Trinajstić information content (AvgIpc) is 2.57. The van der Waals surface area contributed by atoms with Gasteiger partial charge in [-0.1, -0.05) is 35.3 Å². The number of likely N-dealkylation sites (tertiary alicyclic amines) is 1. The summed E-state index contributed by atoms with van der Waals surface area (Å²) >= 11 is 12.4. The van der Waals surface area contributed by atoms with Gasteiger partial charge in [0.25, 0.3) is 0 Å². The van der Waals surface area contributed by atoms with Crippen LogP contribution >= 0.6 is 23.2 Å². The number of hydrogen-bond acceptors (Lipinski definition) is 4. The highest BCUT2D eigenvalue weighted by atomic mass is 35.5. The van der Waals surface area contributed by atoms with E-state index in [0.717, 1.165) is 44.5 Å². The van der Waals surface area contributed by atoms with Crippen molar-refractivity contribution in [3.05, 3.63) is 33.8 Å². The van der Waals surface area contributed by atoms with Crippen LogP contribution in [0.4, 0.5) is 4.79 Å². The molecule has 128 valence electrons. The first-order chi connectivity index (χ1) is 11.1. The predicted octanol–water partition coefficient (Wildman–Crippen LogP) is 2.24. The lowest BCUT2D eigenvalue weighted by Gasteiger charge is -2.32. The van der Waals surface area contributed by atoms with Gasteiger partial charge in [0.1, 0.15) is 0 Å². The second-order valence-electron chi connectivity index (χ2n) is 5.64. The van der Waals surface area contributed by atoms with Gasteiger partial charge in [-0.05, 0) is 56.4 Å². The second kappa shape index (κ2) is 9.30. The summed E-state index contributed by atoms with van der Waals surface area (Å²) < 4.78 is 0. The molecule has 0 aliphatic carbocycles. The molecule has 1 fully saturated rings. The standard InChI is InChI=1S/C15H23Cl2N5O/c16-13-4-1-3-12(14(13)17)11-5-9-22(10-6-11)8-2-7-19-21-15(23)20-18/h1,3-4,11,19H,2,5-10,18H2,(H2,20,21,23). The monoisotopic (exact) mass is 359 g/mol. The summed E-state index contributed by atoms with van der Waals surface area (Å²) in [5.41, 5.74) is 8.42. The van der Waals surface area contributed by atoms with Gasteiger partial charge >= 0.3 is 6.03 Å². The third-order valence-electron chi connectivity index (χ3n) is 4.12. The minimum absolute atomic E-state index is 0.441. The Bertz CT molecular complexity index is 521. The molecule has 0 unspecified atom stereocenters. The second-order valence-corrected chi connectivity index (χ2v) is 6.42. The van der Waals surface area contributed by atoms with E-state index in [9.17, 15) is 4.79 Å². The molecule has 1 heterocycles. The van der Waals surface area contributed by atoms with Gasteiger partial charge in [-0.25, -0.2) is 16.1 Å². The number of carbonyl (C=O) groups excluding carboxylic acids is 1. The fraction of sp³-hybridized carbons (Fsp3) is 0.533. The molecule has 6 nitrogen and oxygen atoms in total. The van der Waals surface area contributed by atoms with Crippen molar-refractivity contribution in [3.8, 4) is 0 Å². The number of benzene rings is 1. The lowest BCUT2D eigenvalue weighted by atomic mass is 9.89. The maximum atomic E-state index is 10.9. The minimum atomic E-state index is -0.441. The molecule has 8 heteroatoms. The molecule has 1 aliphatic heterocycles. The van der Waals surface area contributed by atoms with Crippen molar-refractivity contribution >= 4 is 29.2 Å². The molecule has 0 radical (unpaired) electrons. The quantitative estimate of drug-likeness (QED) is 0.271. The number of nitrogens with one attached hydrogen (secondary N) is 3.